The zero-order valence-corrected chi connectivity index (χ0v) is 18.7. The number of hydrogen-bond donors (Lipinski definition) is 1. The van der Waals surface area contributed by atoms with Crippen LogP contribution >= 0.6 is 0 Å². The van der Waals surface area contributed by atoms with Crippen molar-refractivity contribution in [3.05, 3.63) is 35.7 Å². The Kier molecular flexibility index (Phi) is 10.2. The van der Waals surface area contributed by atoms with E-state index in [1.807, 2.05) is 24.3 Å². The summed E-state index contributed by atoms with van der Waals surface area (Å²) >= 11 is 0. The molecular weight excluding hydrogens is 423 g/mol. The lowest BCUT2D eigenvalue weighted by molar-refractivity contribution is -0.207. The molecule has 32 heavy (non-hydrogen) atoms. The van der Waals surface area contributed by atoms with Gasteiger partial charge < -0.3 is 15.0 Å². The molecule has 6 nitrogen and oxygen atoms in total. The van der Waals surface area contributed by atoms with Crippen molar-refractivity contribution in [1.29, 1.82) is 0 Å². The number of nitrogens with zero attached hydrogens (tertiary/aromatic N) is 2. The van der Waals surface area contributed by atoms with Gasteiger partial charge in [0.15, 0.2) is 6.10 Å². The van der Waals surface area contributed by atoms with Crippen LogP contribution in [0.4, 0.5) is 13.2 Å². The van der Waals surface area contributed by atoms with Crippen molar-refractivity contribution in [2.75, 3.05) is 0 Å². The Balaban J connectivity index is 1.88. The van der Waals surface area contributed by atoms with Gasteiger partial charge in [0.05, 0.1) is 0 Å². The van der Waals surface area contributed by atoms with E-state index in [9.17, 15) is 18.0 Å². The molecule has 0 radical (unpaired) electrons. The molecule has 0 aliphatic heterocycles. The van der Waals surface area contributed by atoms with E-state index in [0.29, 0.717) is 5.56 Å². The van der Waals surface area contributed by atoms with Crippen LogP contribution in [0, 0.1) is 0 Å². The van der Waals surface area contributed by atoms with Gasteiger partial charge in [-0.05, 0) is 25.3 Å². The Morgan fingerprint density at radius 3 is 2.22 bits per heavy atom. The van der Waals surface area contributed by atoms with Crippen LogP contribution in [0.25, 0.3) is 11.4 Å². The SMILES string of the molecule is CCCCCCCCCCc1ccc(-c2noc(C(OC(=O)C(F)(F)F)[C@H](C)N)n2)cc1. The average molecular weight is 456 g/mol. The minimum absolute atomic E-state index is 0.187. The largest absolute Gasteiger partial charge is 0.490 e. The zero-order valence-electron chi connectivity index (χ0n) is 18.7. The van der Waals surface area contributed by atoms with Crippen LogP contribution in [0.2, 0.25) is 0 Å². The van der Waals surface area contributed by atoms with Gasteiger partial charge in [-0.25, -0.2) is 4.79 Å². The molecule has 178 valence electrons. The van der Waals surface area contributed by atoms with Crippen LogP contribution in [0.3, 0.4) is 0 Å². The number of ether oxygens (including phenoxy) is 1. The quantitative estimate of drug-likeness (QED) is 0.298. The third kappa shape index (κ3) is 8.26. The number of aromatic nitrogens is 2. The first-order valence-electron chi connectivity index (χ1n) is 11.2. The first-order chi connectivity index (χ1) is 15.2. The highest BCUT2D eigenvalue weighted by Gasteiger charge is 2.44. The zero-order chi connectivity index (χ0) is 23.6. The summed E-state index contributed by atoms with van der Waals surface area (Å²) in [4.78, 5) is 15.2. The predicted molar refractivity (Wildman–Crippen MR) is 115 cm³/mol. The first-order valence-corrected chi connectivity index (χ1v) is 11.2. The van der Waals surface area contributed by atoms with E-state index >= 15 is 0 Å². The Bertz CT molecular complexity index is 820. The molecule has 2 N–H and O–H groups in total. The van der Waals surface area contributed by atoms with Crippen molar-refractivity contribution in [2.45, 2.75) is 90.0 Å². The highest BCUT2D eigenvalue weighted by Crippen LogP contribution is 2.27. The summed E-state index contributed by atoms with van der Waals surface area (Å²) in [6.45, 7) is 3.60. The molecule has 1 heterocycles. The van der Waals surface area contributed by atoms with Gasteiger partial charge in [-0.2, -0.15) is 18.2 Å². The van der Waals surface area contributed by atoms with E-state index in [4.69, 9.17) is 10.3 Å². The molecule has 1 unspecified atom stereocenters. The van der Waals surface area contributed by atoms with Crippen molar-refractivity contribution in [2.24, 2.45) is 5.73 Å². The van der Waals surface area contributed by atoms with Crippen molar-refractivity contribution in [1.82, 2.24) is 10.1 Å². The number of alkyl halides is 3. The molecule has 0 fully saturated rings. The van der Waals surface area contributed by atoms with Gasteiger partial charge in [0.25, 0.3) is 5.89 Å². The summed E-state index contributed by atoms with van der Waals surface area (Å²) in [6.07, 6.45) is 4.45. The molecule has 0 aliphatic carbocycles. The fraction of sp³-hybridized carbons (Fsp3) is 0.609. The van der Waals surface area contributed by atoms with Crippen LogP contribution in [0.1, 0.15) is 82.8 Å². The number of esters is 1. The number of carbonyl (C=O) groups excluding carboxylic acids is 1. The third-order valence-corrected chi connectivity index (χ3v) is 5.16. The third-order valence-electron chi connectivity index (χ3n) is 5.16. The van der Waals surface area contributed by atoms with Crippen molar-refractivity contribution >= 4 is 5.97 Å². The van der Waals surface area contributed by atoms with Gasteiger partial charge in [0.1, 0.15) is 0 Å². The second kappa shape index (κ2) is 12.6. The smallest absolute Gasteiger partial charge is 0.444 e. The minimum Gasteiger partial charge on any atom is -0.444 e. The monoisotopic (exact) mass is 455 g/mol. The van der Waals surface area contributed by atoms with Crippen LogP contribution in [0.5, 0.6) is 0 Å². The molecule has 0 aliphatic rings. The summed E-state index contributed by atoms with van der Waals surface area (Å²) in [7, 11) is 0. The number of carbonyl (C=O) groups is 1. The number of rotatable bonds is 13. The maximum absolute atomic E-state index is 12.5. The van der Waals surface area contributed by atoms with E-state index in [2.05, 4.69) is 21.8 Å². The Hall–Kier alpha value is -2.42. The molecule has 2 atom stereocenters. The first kappa shape index (κ1) is 25.8. The number of halogens is 3. The van der Waals surface area contributed by atoms with Gasteiger partial charge in [-0.15, -0.1) is 0 Å². The van der Waals surface area contributed by atoms with E-state index in [0.717, 1.165) is 12.8 Å². The highest BCUT2D eigenvalue weighted by atomic mass is 19.4. The molecule has 0 spiro atoms. The predicted octanol–water partition coefficient (Wildman–Crippen LogP) is 5.91. The van der Waals surface area contributed by atoms with Gasteiger partial charge in [0, 0.05) is 11.6 Å². The van der Waals surface area contributed by atoms with Crippen LogP contribution in [-0.4, -0.2) is 28.3 Å². The Labute approximate surface area is 186 Å². The molecule has 0 saturated carbocycles. The van der Waals surface area contributed by atoms with Crippen molar-refractivity contribution in [3.63, 3.8) is 0 Å². The number of hydrogen-bond acceptors (Lipinski definition) is 6. The molecule has 1 aromatic heterocycles. The van der Waals surface area contributed by atoms with Crippen LogP contribution < -0.4 is 5.73 Å². The molecule has 2 rings (SSSR count). The molecule has 0 saturated heterocycles. The topological polar surface area (TPSA) is 91.2 Å². The Morgan fingerprint density at radius 1 is 1.06 bits per heavy atom. The standard InChI is InChI=1S/C23H32F3N3O3/c1-3-4-5-6-7-8-9-10-11-17-12-14-18(15-13-17)20-28-21(32-29-20)19(16(2)27)31-22(30)23(24,25)26/h12-16,19H,3-11,27H2,1-2H3/t16-,19?/m0/s1. The van der Waals surface area contributed by atoms with Gasteiger partial charge in [0.2, 0.25) is 5.82 Å². The highest BCUT2D eigenvalue weighted by molar-refractivity contribution is 5.75. The maximum Gasteiger partial charge on any atom is 0.490 e. The molecule has 1 aromatic carbocycles. The van der Waals surface area contributed by atoms with Crippen molar-refractivity contribution < 1.29 is 27.2 Å². The van der Waals surface area contributed by atoms with E-state index in [-0.39, 0.29) is 11.7 Å². The second-order valence-corrected chi connectivity index (χ2v) is 8.06. The lowest BCUT2D eigenvalue weighted by Gasteiger charge is -2.18. The van der Waals surface area contributed by atoms with Gasteiger partial charge in [-0.1, -0.05) is 81.3 Å². The van der Waals surface area contributed by atoms with Crippen molar-refractivity contribution in [3.8, 4) is 11.4 Å². The van der Waals surface area contributed by atoms with Crippen LogP contribution in [0.15, 0.2) is 28.8 Å². The number of nitrogens with two attached hydrogens (primary N) is 1. The number of benzene rings is 1. The normalized spacial score (nSPS) is 13.7. The maximum atomic E-state index is 12.5. The minimum atomic E-state index is -5.14. The van der Waals surface area contributed by atoms with E-state index in [1.54, 1.807) is 0 Å². The lowest BCUT2D eigenvalue weighted by atomic mass is 10.0. The summed E-state index contributed by atoms with van der Waals surface area (Å²) in [6, 6.07) is 6.64. The van der Waals surface area contributed by atoms with Crippen LogP contribution in [-0.2, 0) is 16.0 Å². The Morgan fingerprint density at radius 2 is 1.66 bits per heavy atom. The second-order valence-electron chi connectivity index (χ2n) is 8.06. The van der Waals surface area contributed by atoms with Gasteiger partial charge >= 0.3 is 12.1 Å². The van der Waals surface area contributed by atoms with E-state index in [1.165, 1.54) is 57.4 Å². The molecule has 0 amide bonds. The summed E-state index contributed by atoms with van der Waals surface area (Å²) < 4.78 is 47.0. The molecule has 0 bridgehead atoms. The fourth-order valence-corrected chi connectivity index (χ4v) is 3.32. The molecular formula is C23H32F3N3O3. The fourth-order valence-electron chi connectivity index (χ4n) is 3.32. The number of unbranched alkanes of at least 4 members (excludes halogenated alkanes) is 7. The summed E-state index contributed by atoms with van der Waals surface area (Å²) in [5.41, 5.74) is 7.49. The average Bonchev–Trinajstić information content (AvgIpc) is 3.23. The summed E-state index contributed by atoms with van der Waals surface area (Å²) in [5, 5.41) is 3.79. The number of aryl methyl sites for hydroxylation is 1. The lowest BCUT2D eigenvalue weighted by Crippen LogP contribution is -2.34. The summed E-state index contributed by atoms with van der Waals surface area (Å²) in [5.74, 6) is -2.45. The van der Waals surface area contributed by atoms with E-state index < -0.39 is 24.3 Å². The molecule has 9 heteroatoms. The van der Waals surface area contributed by atoms with Gasteiger partial charge in [-0.3, -0.25) is 0 Å². The molecule has 2 aromatic rings.